The van der Waals surface area contributed by atoms with Gasteiger partial charge in [0.2, 0.25) is 0 Å². The van der Waals surface area contributed by atoms with E-state index in [0.717, 1.165) is 14.5 Å². The Bertz CT molecular complexity index is 1200. The van der Waals surface area contributed by atoms with Gasteiger partial charge in [-0.05, 0) is 41.5 Å². The Morgan fingerprint density at radius 2 is 2.09 bits per heavy atom. The number of aryl methyl sites for hydroxylation is 1. The third-order valence-electron chi connectivity index (χ3n) is 5.19. The van der Waals surface area contributed by atoms with E-state index in [-0.39, 0.29) is 19.6 Å². The number of ether oxygens (including phenoxy) is 1. The summed E-state index contributed by atoms with van der Waals surface area (Å²) in [6.45, 7) is 8.92. The Balaban J connectivity index is 1.84. The second-order valence-electron chi connectivity index (χ2n) is 7.56. The van der Waals surface area contributed by atoms with E-state index in [2.05, 4.69) is 18.1 Å². The van der Waals surface area contributed by atoms with Crippen LogP contribution in [-0.2, 0) is 11.3 Å². The van der Waals surface area contributed by atoms with E-state index in [1.807, 2.05) is 24.3 Å². The number of nitrogens with zero attached hydrogens (tertiary/aromatic N) is 3. The topological polar surface area (TPSA) is 107 Å². The third-order valence-corrected chi connectivity index (χ3v) is 7.52. The van der Waals surface area contributed by atoms with Crippen molar-refractivity contribution in [3.63, 3.8) is 0 Å². The van der Waals surface area contributed by atoms with Crippen molar-refractivity contribution in [2.45, 2.75) is 43.4 Å². The van der Waals surface area contributed by atoms with Crippen LogP contribution in [0.15, 0.2) is 93.1 Å². The highest BCUT2D eigenvalue weighted by molar-refractivity contribution is 8.78. The molecule has 0 aliphatic carbocycles. The summed E-state index contributed by atoms with van der Waals surface area (Å²) in [6, 6.07) is 5.68. The predicted molar refractivity (Wildman–Crippen MR) is 136 cm³/mol. The second kappa shape index (κ2) is 12.2. The summed E-state index contributed by atoms with van der Waals surface area (Å²) >= 11 is 0. The fourth-order valence-electron chi connectivity index (χ4n) is 3.33. The van der Waals surface area contributed by atoms with E-state index in [0.29, 0.717) is 11.1 Å². The van der Waals surface area contributed by atoms with Gasteiger partial charge in [0.25, 0.3) is 5.56 Å². The molecule has 1 aliphatic rings. The average Bonchev–Trinajstić information content (AvgIpc) is 3.23. The van der Waals surface area contributed by atoms with E-state index in [9.17, 15) is 19.8 Å². The Hall–Kier alpha value is -2.63. The van der Waals surface area contributed by atoms with Crippen molar-refractivity contribution in [1.29, 1.82) is 0 Å². The molecule has 180 valence electrons. The fourth-order valence-corrected chi connectivity index (χ4v) is 5.15. The lowest BCUT2D eigenvalue weighted by Crippen LogP contribution is -2.42. The summed E-state index contributed by atoms with van der Waals surface area (Å²) in [5.41, 5.74) is 0.0318. The number of rotatable bonds is 10. The van der Waals surface area contributed by atoms with E-state index >= 15 is 0 Å². The van der Waals surface area contributed by atoms with Gasteiger partial charge in [-0.2, -0.15) is 0 Å². The van der Waals surface area contributed by atoms with Gasteiger partial charge in [0.05, 0.1) is 19.3 Å². The molecule has 0 spiro atoms. The molecule has 10 heteroatoms. The molecule has 1 fully saturated rings. The first-order valence-electron chi connectivity index (χ1n) is 10.6. The van der Waals surface area contributed by atoms with Crippen LogP contribution in [0, 0.1) is 6.92 Å². The van der Waals surface area contributed by atoms with Crippen molar-refractivity contribution in [1.82, 2.24) is 14.1 Å². The van der Waals surface area contributed by atoms with Crippen LogP contribution in [0.5, 0.6) is 0 Å². The summed E-state index contributed by atoms with van der Waals surface area (Å²) in [5, 5.41) is 20.2. The number of pyridine rings is 1. The van der Waals surface area contributed by atoms with Gasteiger partial charge in [-0.15, -0.1) is 0 Å². The molecule has 0 amide bonds. The number of hydrogen-bond donors (Lipinski definition) is 2. The van der Waals surface area contributed by atoms with E-state index < -0.39 is 29.7 Å². The molecule has 2 N–H and O–H groups in total. The maximum absolute atomic E-state index is 13.1. The summed E-state index contributed by atoms with van der Waals surface area (Å²) in [7, 11) is 2.98. The standard InChI is InChI=1S/C24H27N3O5S2/c1-4-17(9-10-18(5-2)33-34-21-8-6-7-11-25-21)14-27-23(30)16(3)13-26(24(27)31)22-12-19(29)20(15-28)32-22/h4-11,13,19-20,22,28-29H,1-2,12,14-15H2,3H3/b17-9+,18-10+/t19-,20?,22-/m1/s1. The molecular formula is C24H27N3O5S2. The summed E-state index contributed by atoms with van der Waals surface area (Å²) in [5.74, 6) is 0. The third kappa shape index (κ3) is 6.28. The van der Waals surface area contributed by atoms with Gasteiger partial charge in [0, 0.05) is 29.3 Å². The van der Waals surface area contributed by atoms with Crippen molar-refractivity contribution >= 4 is 21.6 Å². The number of aromatic nitrogens is 3. The SMILES string of the molecule is C=C/C(=C\C=C(/C=C)SSc1ccccn1)Cn1c(=O)c(C)cn([C@H]2C[C@@H](O)C(CO)O2)c1=O. The Kier molecular flexibility index (Phi) is 9.31. The molecule has 1 aliphatic heterocycles. The maximum Gasteiger partial charge on any atom is 0.333 e. The van der Waals surface area contributed by atoms with Crippen LogP contribution in [-0.4, -0.2) is 43.1 Å². The highest BCUT2D eigenvalue weighted by Gasteiger charge is 2.35. The lowest BCUT2D eigenvalue weighted by atomic mass is 10.2. The van der Waals surface area contributed by atoms with E-state index in [4.69, 9.17) is 4.74 Å². The first kappa shape index (κ1) is 26.0. The van der Waals surface area contributed by atoms with Crippen LogP contribution in [0.4, 0.5) is 0 Å². The molecular weight excluding hydrogens is 474 g/mol. The van der Waals surface area contributed by atoms with Crippen LogP contribution >= 0.6 is 21.6 Å². The van der Waals surface area contributed by atoms with Gasteiger partial charge in [0.15, 0.2) is 0 Å². The van der Waals surface area contributed by atoms with Crippen molar-refractivity contribution < 1.29 is 14.9 Å². The monoisotopic (exact) mass is 501 g/mol. The first-order valence-corrected chi connectivity index (χ1v) is 12.7. The smallest absolute Gasteiger partial charge is 0.333 e. The van der Waals surface area contributed by atoms with Crippen LogP contribution < -0.4 is 11.2 Å². The molecule has 0 aromatic carbocycles. The fraction of sp³-hybridized carbons (Fsp3) is 0.292. The largest absolute Gasteiger partial charge is 0.394 e. The van der Waals surface area contributed by atoms with E-state index in [1.54, 1.807) is 31.3 Å². The lowest BCUT2D eigenvalue weighted by molar-refractivity contribution is -0.0463. The molecule has 2 aromatic heterocycles. The number of hydrogen-bond acceptors (Lipinski definition) is 8. The molecule has 2 aromatic rings. The minimum absolute atomic E-state index is 0.0144. The highest BCUT2D eigenvalue weighted by atomic mass is 33.1. The van der Waals surface area contributed by atoms with Crippen LogP contribution in [0.2, 0.25) is 0 Å². The molecule has 0 saturated carbocycles. The molecule has 1 unspecified atom stereocenters. The number of allylic oxidation sites excluding steroid dienone is 5. The van der Waals surface area contributed by atoms with Gasteiger partial charge in [-0.25, -0.2) is 9.78 Å². The average molecular weight is 502 g/mol. The molecule has 3 rings (SSSR count). The molecule has 8 nitrogen and oxygen atoms in total. The molecule has 0 bridgehead atoms. The Morgan fingerprint density at radius 1 is 1.29 bits per heavy atom. The number of aliphatic hydroxyl groups excluding tert-OH is 2. The minimum atomic E-state index is -0.893. The van der Waals surface area contributed by atoms with E-state index in [1.165, 1.54) is 32.4 Å². The van der Waals surface area contributed by atoms with Crippen LogP contribution in [0.25, 0.3) is 0 Å². The Labute approximate surface area is 205 Å². The van der Waals surface area contributed by atoms with Crippen molar-refractivity contribution in [3.8, 4) is 0 Å². The van der Waals surface area contributed by atoms with Gasteiger partial charge in [-0.3, -0.25) is 13.9 Å². The second-order valence-corrected chi connectivity index (χ2v) is 9.78. The highest BCUT2D eigenvalue weighted by Crippen LogP contribution is 2.36. The zero-order valence-electron chi connectivity index (χ0n) is 18.7. The summed E-state index contributed by atoms with van der Waals surface area (Å²) in [4.78, 5) is 31.0. The zero-order valence-corrected chi connectivity index (χ0v) is 20.4. The lowest BCUT2D eigenvalue weighted by Gasteiger charge is -2.17. The minimum Gasteiger partial charge on any atom is -0.394 e. The van der Waals surface area contributed by atoms with Gasteiger partial charge in [0.1, 0.15) is 17.4 Å². The normalized spacial score (nSPS) is 21.0. The first-order chi connectivity index (χ1) is 16.4. The summed E-state index contributed by atoms with van der Waals surface area (Å²) in [6.07, 6.45) is 7.78. The predicted octanol–water partition coefficient (Wildman–Crippen LogP) is 2.98. The summed E-state index contributed by atoms with van der Waals surface area (Å²) < 4.78 is 8.02. The van der Waals surface area contributed by atoms with Gasteiger partial charge < -0.3 is 14.9 Å². The number of aliphatic hydroxyl groups is 2. The molecule has 1 saturated heterocycles. The van der Waals surface area contributed by atoms with Crippen molar-refractivity contribution in [2.75, 3.05) is 6.61 Å². The van der Waals surface area contributed by atoms with Crippen LogP contribution in [0.1, 0.15) is 18.2 Å². The Morgan fingerprint density at radius 3 is 2.71 bits per heavy atom. The van der Waals surface area contributed by atoms with Crippen molar-refractivity contribution in [3.05, 3.63) is 105 Å². The van der Waals surface area contributed by atoms with Crippen LogP contribution in [0.3, 0.4) is 0 Å². The quantitative estimate of drug-likeness (QED) is 0.378. The molecule has 34 heavy (non-hydrogen) atoms. The molecule has 0 radical (unpaired) electrons. The zero-order chi connectivity index (χ0) is 24.7. The molecule has 3 heterocycles. The van der Waals surface area contributed by atoms with Gasteiger partial charge >= 0.3 is 5.69 Å². The molecule has 3 atom stereocenters. The van der Waals surface area contributed by atoms with Crippen molar-refractivity contribution in [2.24, 2.45) is 0 Å². The van der Waals surface area contributed by atoms with Gasteiger partial charge in [-0.1, -0.05) is 48.2 Å². The maximum atomic E-state index is 13.1.